The van der Waals surface area contributed by atoms with Crippen molar-refractivity contribution in [3.05, 3.63) is 27.9 Å². The van der Waals surface area contributed by atoms with Crippen LogP contribution in [0.4, 0.5) is 0 Å². The van der Waals surface area contributed by atoms with Crippen LogP contribution in [-0.2, 0) is 0 Å². The van der Waals surface area contributed by atoms with E-state index in [2.05, 4.69) is 10.3 Å². The van der Waals surface area contributed by atoms with Crippen molar-refractivity contribution in [2.24, 2.45) is 0 Å². The Bertz CT molecular complexity index is 558. The number of nitrogens with zero attached hydrogens (tertiary/aromatic N) is 1. The number of carbonyl (C=O) groups excluding carboxylic acids is 1. The van der Waals surface area contributed by atoms with Crippen molar-refractivity contribution >= 4 is 28.6 Å². The van der Waals surface area contributed by atoms with E-state index in [1.807, 2.05) is 16.8 Å². The molecule has 2 heterocycles. The molecule has 0 aliphatic heterocycles. The Kier molecular flexibility index (Phi) is 2.93. The summed E-state index contributed by atoms with van der Waals surface area (Å²) in [4.78, 5) is 16.3. The molecule has 6 heteroatoms. The highest BCUT2D eigenvalue weighted by Gasteiger charge is 2.43. The molecule has 1 aliphatic rings. The summed E-state index contributed by atoms with van der Waals surface area (Å²) in [6.45, 7) is 0.000263. The number of aliphatic hydroxyl groups excluding tert-OH is 1. The number of carbonyl (C=O) groups is 1. The van der Waals surface area contributed by atoms with Gasteiger partial charge in [0.1, 0.15) is 10.7 Å². The summed E-state index contributed by atoms with van der Waals surface area (Å²) < 4.78 is 0. The number of rotatable bonds is 4. The molecule has 2 aromatic rings. The molecule has 0 spiro atoms. The smallest absolute Gasteiger partial charge is 0.271 e. The summed E-state index contributed by atoms with van der Waals surface area (Å²) in [6.07, 6.45) is 1.69. The molecule has 0 radical (unpaired) electrons. The molecular weight excluding hydrogens is 268 g/mol. The van der Waals surface area contributed by atoms with Crippen LogP contribution in [-0.4, -0.2) is 28.1 Å². The minimum Gasteiger partial charge on any atom is -0.394 e. The van der Waals surface area contributed by atoms with E-state index in [9.17, 15) is 9.90 Å². The third-order valence-corrected chi connectivity index (χ3v) is 4.61. The predicted molar refractivity (Wildman–Crippen MR) is 71.9 cm³/mol. The lowest BCUT2D eigenvalue weighted by atomic mass is 10.3. The Morgan fingerprint density at radius 2 is 2.33 bits per heavy atom. The maximum absolute atomic E-state index is 12.0. The lowest BCUT2D eigenvalue weighted by Gasteiger charge is -2.12. The molecule has 94 valence electrons. The number of hydrogen-bond acceptors (Lipinski definition) is 5. The van der Waals surface area contributed by atoms with E-state index in [4.69, 9.17) is 0 Å². The monoisotopic (exact) mass is 280 g/mol. The van der Waals surface area contributed by atoms with E-state index >= 15 is 0 Å². The average Bonchev–Trinajstić information content (AvgIpc) is 2.87. The van der Waals surface area contributed by atoms with Gasteiger partial charge in [-0.2, -0.15) is 11.3 Å². The number of aliphatic hydroxyl groups is 1. The summed E-state index contributed by atoms with van der Waals surface area (Å²) in [5.74, 6) is -0.195. The van der Waals surface area contributed by atoms with Gasteiger partial charge in [0.25, 0.3) is 5.91 Å². The maximum atomic E-state index is 12.0. The van der Waals surface area contributed by atoms with Crippen molar-refractivity contribution in [2.45, 2.75) is 18.4 Å². The van der Waals surface area contributed by atoms with Crippen LogP contribution in [0, 0.1) is 0 Å². The fourth-order valence-electron chi connectivity index (χ4n) is 1.68. The summed E-state index contributed by atoms with van der Waals surface area (Å²) in [5.41, 5.74) is 1.09. The van der Waals surface area contributed by atoms with Crippen LogP contribution in [0.2, 0.25) is 0 Å². The van der Waals surface area contributed by atoms with Crippen molar-refractivity contribution in [2.75, 3.05) is 6.61 Å². The van der Waals surface area contributed by atoms with E-state index in [-0.39, 0.29) is 18.1 Å². The average molecular weight is 280 g/mol. The molecule has 0 bridgehead atoms. The van der Waals surface area contributed by atoms with Gasteiger partial charge >= 0.3 is 0 Å². The van der Waals surface area contributed by atoms with Crippen LogP contribution in [0.1, 0.15) is 23.3 Å². The summed E-state index contributed by atoms with van der Waals surface area (Å²) in [5, 5.41) is 18.6. The van der Waals surface area contributed by atoms with Gasteiger partial charge < -0.3 is 10.4 Å². The van der Waals surface area contributed by atoms with Gasteiger partial charge in [0.2, 0.25) is 0 Å². The molecule has 3 rings (SSSR count). The van der Waals surface area contributed by atoms with Gasteiger partial charge in [0, 0.05) is 16.3 Å². The second-order valence-electron chi connectivity index (χ2n) is 4.44. The number of amides is 1. The Morgan fingerprint density at radius 3 is 2.94 bits per heavy atom. The van der Waals surface area contributed by atoms with Crippen LogP contribution in [0.5, 0.6) is 0 Å². The van der Waals surface area contributed by atoms with Gasteiger partial charge in [-0.15, -0.1) is 11.3 Å². The standard InChI is InChI=1S/C12H12N2O2S2/c15-7-12(2-3-12)14-10(16)9-6-18-11(13-9)8-1-4-17-5-8/h1,4-6,15H,2-3,7H2,(H,14,16). The molecule has 4 nitrogen and oxygen atoms in total. The topological polar surface area (TPSA) is 62.2 Å². The molecule has 2 N–H and O–H groups in total. The van der Waals surface area contributed by atoms with Crippen molar-refractivity contribution in [1.29, 1.82) is 0 Å². The highest BCUT2D eigenvalue weighted by molar-refractivity contribution is 7.14. The zero-order chi connectivity index (χ0) is 12.6. The van der Waals surface area contributed by atoms with Gasteiger partial charge in [-0.25, -0.2) is 4.98 Å². The van der Waals surface area contributed by atoms with E-state index in [1.54, 1.807) is 16.7 Å². The van der Waals surface area contributed by atoms with E-state index < -0.39 is 0 Å². The first-order chi connectivity index (χ1) is 8.72. The highest BCUT2D eigenvalue weighted by Crippen LogP contribution is 2.35. The molecule has 0 atom stereocenters. The molecule has 1 fully saturated rings. The third kappa shape index (κ3) is 2.19. The van der Waals surface area contributed by atoms with E-state index in [0.29, 0.717) is 5.69 Å². The van der Waals surface area contributed by atoms with Gasteiger partial charge in [0.05, 0.1) is 12.1 Å². The SMILES string of the molecule is O=C(NC1(CO)CC1)c1csc(-c2ccsc2)n1. The van der Waals surface area contributed by atoms with Crippen LogP contribution in [0.15, 0.2) is 22.2 Å². The van der Waals surface area contributed by atoms with Crippen LogP contribution in [0.25, 0.3) is 10.6 Å². The van der Waals surface area contributed by atoms with Crippen molar-refractivity contribution in [1.82, 2.24) is 10.3 Å². The quantitative estimate of drug-likeness (QED) is 0.902. The zero-order valence-electron chi connectivity index (χ0n) is 9.55. The van der Waals surface area contributed by atoms with Gasteiger partial charge in [0.15, 0.2) is 0 Å². The lowest BCUT2D eigenvalue weighted by Crippen LogP contribution is -2.39. The Balaban J connectivity index is 1.75. The minimum absolute atomic E-state index is 0.000263. The second-order valence-corrected chi connectivity index (χ2v) is 6.08. The van der Waals surface area contributed by atoms with Crippen LogP contribution >= 0.6 is 22.7 Å². The van der Waals surface area contributed by atoms with Crippen molar-refractivity contribution < 1.29 is 9.90 Å². The molecule has 0 aromatic carbocycles. The Labute approximate surface area is 112 Å². The normalized spacial score (nSPS) is 16.5. The Morgan fingerprint density at radius 1 is 1.50 bits per heavy atom. The second kappa shape index (κ2) is 4.46. The largest absolute Gasteiger partial charge is 0.394 e. The van der Waals surface area contributed by atoms with Crippen LogP contribution < -0.4 is 5.32 Å². The molecule has 1 aliphatic carbocycles. The number of nitrogens with one attached hydrogen (secondary N) is 1. The first-order valence-corrected chi connectivity index (χ1v) is 7.46. The predicted octanol–water partition coefficient (Wildman–Crippen LogP) is 2.13. The minimum atomic E-state index is -0.386. The molecule has 2 aromatic heterocycles. The fourth-order valence-corrected chi connectivity index (χ4v) is 3.19. The first kappa shape index (κ1) is 11.8. The van der Waals surface area contributed by atoms with Crippen LogP contribution in [0.3, 0.4) is 0 Å². The number of hydrogen-bond donors (Lipinski definition) is 2. The number of aromatic nitrogens is 1. The molecule has 0 unspecified atom stereocenters. The lowest BCUT2D eigenvalue weighted by molar-refractivity contribution is 0.0902. The van der Waals surface area contributed by atoms with Gasteiger partial charge in [-0.1, -0.05) is 0 Å². The Hall–Kier alpha value is -1.24. The zero-order valence-corrected chi connectivity index (χ0v) is 11.2. The fraction of sp³-hybridized carbons (Fsp3) is 0.333. The molecule has 18 heavy (non-hydrogen) atoms. The highest BCUT2D eigenvalue weighted by atomic mass is 32.1. The van der Waals surface area contributed by atoms with Crippen molar-refractivity contribution in [3.8, 4) is 10.6 Å². The van der Waals surface area contributed by atoms with Gasteiger partial charge in [-0.05, 0) is 24.3 Å². The summed E-state index contributed by atoms with van der Waals surface area (Å²) >= 11 is 3.07. The number of thiazole rings is 1. The first-order valence-electron chi connectivity index (χ1n) is 5.64. The van der Waals surface area contributed by atoms with E-state index in [0.717, 1.165) is 23.4 Å². The molecule has 1 amide bonds. The molecule has 1 saturated carbocycles. The van der Waals surface area contributed by atoms with E-state index in [1.165, 1.54) is 11.3 Å². The summed E-state index contributed by atoms with van der Waals surface area (Å²) in [6, 6.07) is 1.99. The molecular formula is C12H12N2O2S2. The van der Waals surface area contributed by atoms with Crippen molar-refractivity contribution in [3.63, 3.8) is 0 Å². The molecule has 0 saturated heterocycles. The maximum Gasteiger partial charge on any atom is 0.271 e. The summed E-state index contributed by atoms with van der Waals surface area (Å²) in [7, 11) is 0. The van der Waals surface area contributed by atoms with Gasteiger partial charge in [-0.3, -0.25) is 4.79 Å². The number of thiophene rings is 1. The third-order valence-electron chi connectivity index (χ3n) is 3.04.